The summed E-state index contributed by atoms with van der Waals surface area (Å²) in [6.45, 7) is 57.1. The molecule has 5 fully saturated rings. The van der Waals surface area contributed by atoms with Gasteiger partial charge in [0.25, 0.3) is 0 Å². The summed E-state index contributed by atoms with van der Waals surface area (Å²) in [4.78, 5) is 62.9. The molecule has 5 aliphatic heterocycles. The van der Waals surface area contributed by atoms with Gasteiger partial charge in [0.05, 0.1) is 6.67 Å². The molecule has 3 aromatic heterocycles. The molecule has 8 rings (SSSR count). The molecule has 23 heteroatoms. The largest absolute Gasteiger partial charge is 0.354 e. The molecule has 0 spiro atoms. The van der Waals surface area contributed by atoms with Crippen LogP contribution in [-0.4, -0.2) is 210 Å². The molecular weight excluding hydrogens is 1150 g/mol. The van der Waals surface area contributed by atoms with Crippen molar-refractivity contribution in [3.63, 3.8) is 0 Å². The number of likely N-dealkylation sites (N-methyl/N-ethyl adjacent to an activating group) is 1. The van der Waals surface area contributed by atoms with Crippen molar-refractivity contribution in [1.29, 1.82) is 0 Å². The van der Waals surface area contributed by atoms with Crippen LogP contribution >= 0.6 is 0 Å². The Labute approximate surface area is 557 Å². The van der Waals surface area contributed by atoms with Crippen molar-refractivity contribution >= 4 is 47.6 Å². The minimum absolute atomic E-state index is 0.0458. The van der Waals surface area contributed by atoms with Gasteiger partial charge < -0.3 is 66.6 Å². The Morgan fingerprint density at radius 3 is 0.859 bits per heavy atom. The predicted molar refractivity (Wildman–Crippen MR) is 386 cm³/mol. The quantitative estimate of drug-likeness (QED) is 0.0283. The molecule has 0 aliphatic carbocycles. The number of aromatic nitrogens is 9. The number of nitrogens with one attached hydrogen (secondary N) is 7. The second-order valence-corrected chi connectivity index (χ2v) is 35.0. The summed E-state index contributed by atoms with van der Waals surface area (Å²) >= 11 is 0. The highest BCUT2D eigenvalue weighted by atomic mass is 15.4. The Morgan fingerprint density at radius 2 is 0.576 bits per heavy atom. The van der Waals surface area contributed by atoms with E-state index in [9.17, 15) is 0 Å². The highest BCUT2D eigenvalue weighted by Crippen LogP contribution is 2.39. The lowest BCUT2D eigenvalue weighted by molar-refractivity contribution is 0.159. The lowest BCUT2D eigenvalue weighted by atomic mass is 9.79. The lowest BCUT2D eigenvalue weighted by Gasteiger charge is -2.49. The van der Waals surface area contributed by atoms with Crippen LogP contribution in [0.3, 0.4) is 0 Å². The second-order valence-electron chi connectivity index (χ2n) is 35.0. The van der Waals surface area contributed by atoms with Crippen molar-refractivity contribution in [3.05, 3.63) is 19.0 Å². The van der Waals surface area contributed by atoms with Crippen molar-refractivity contribution < 1.29 is 0 Å². The van der Waals surface area contributed by atoms with Crippen LogP contribution in [0.4, 0.5) is 47.6 Å². The zero-order valence-electron chi connectivity index (χ0n) is 62.8. The molecule has 0 radical (unpaired) electrons. The Morgan fingerprint density at radius 1 is 0.337 bits per heavy atom. The normalized spacial score (nSPS) is 23.2. The highest BCUT2D eigenvalue weighted by molar-refractivity contribution is 5.48. The van der Waals surface area contributed by atoms with Crippen LogP contribution in [0.25, 0.3) is 0 Å². The molecule has 3 aromatic rings. The maximum absolute atomic E-state index is 5.33. The van der Waals surface area contributed by atoms with Gasteiger partial charge in [0.15, 0.2) is 0 Å². The van der Waals surface area contributed by atoms with Crippen molar-refractivity contribution in [3.8, 4) is 0 Å². The molecule has 520 valence electrons. The van der Waals surface area contributed by atoms with Gasteiger partial charge in [-0.3, -0.25) is 4.90 Å². The maximum atomic E-state index is 5.33. The number of rotatable bonds is 22. The van der Waals surface area contributed by atoms with Gasteiger partial charge in [0.2, 0.25) is 47.6 Å². The van der Waals surface area contributed by atoms with Crippen LogP contribution in [0, 0.1) is 6.92 Å². The molecule has 0 aromatic carbocycles. The number of piperidine rings is 5. The molecule has 0 saturated carbocycles. The molecule has 23 nitrogen and oxygen atoms in total. The van der Waals surface area contributed by atoms with Crippen molar-refractivity contribution in [2.75, 3.05) is 115 Å². The summed E-state index contributed by atoms with van der Waals surface area (Å²) in [6.07, 6.45) is 10.4. The summed E-state index contributed by atoms with van der Waals surface area (Å²) in [5.41, 5.74) is -0.475. The average Bonchev–Trinajstić information content (AvgIpc) is 0.802. The van der Waals surface area contributed by atoms with E-state index in [-0.39, 0.29) is 85.6 Å². The van der Waals surface area contributed by atoms with E-state index < -0.39 is 0 Å². The van der Waals surface area contributed by atoms with Crippen molar-refractivity contribution in [1.82, 2.24) is 76.3 Å². The van der Waals surface area contributed by atoms with E-state index in [1.54, 1.807) is 0 Å². The molecule has 8 heterocycles. The fourth-order valence-corrected chi connectivity index (χ4v) is 17.1. The first kappa shape index (κ1) is 74.3. The van der Waals surface area contributed by atoms with Crippen LogP contribution in [0.1, 0.15) is 215 Å². The Balaban J connectivity index is 0.00000594. The summed E-state index contributed by atoms with van der Waals surface area (Å²) in [5.74, 6) is 5.91. The van der Waals surface area contributed by atoms with Gasteiger partial charge in [-0.1, -0.05) is 0 Å². The summed E-state index contributed by atoms with van der Waals surface area (Å²) in [6, 6.07) is 1.16. The molecule has 0 amide bonds. The zero-order valence-corrected chi connectivity index (χ0v) is 62.8. The topological polar surface area (TPSA) is 223 Å². The predicted octanol–water partition coefficient (Wildman–Crippen LogP) is 9.39. The third-order valence-corrected chi connectivity index (χ3v) is 19.5. The molecule has 5 saturated heterocycles. The number of hydrogen-bond acceptors (Lipinski definition) is 23. The summed E-state index contributed by atoms with van der Waals surface area (Å²) in [7, 11) is 12.9. The van der Waals surface area contributed by atoms with E-state index >= 15 is 0 Å². The highest BCUT2D eigenvalue weighted by Gasteiger charge is 2.45. The number of anilines is 8. The molecule has 0 unspecified atom stereocenters. The van der Waals surface area contributed by atoms with Crippen LogP contribution in [0.5, 0.6) is 0 Å². The monoisotopic (exact) mass is 1280 g/mol. The van der Waals surface area contributed by atoms with E-state index in [0.29, 0.717) is 86.3 Å². The van der Waals surface area contributed by atoms with Gasteiger partial charge in [-0.25, -0.2) is 0 Å². The first-order valence-electron chi connectivity index (χ1n) is 34.4. The smallest absolute Gasteiger partial charge is 0.231 e. The fraction of sp³-hybridized carbons (Fsp3) is 0.841. The summed E-state index contributed by atoms with van der Waals surface area (Å²) < 4.78 is 0. The molecular formula is C69H129N23. The van der Waals surface area contributed by atoms with Gasteiger partial charge in [0, 0.05) is 147 Å². The number of nitrogens with zero attached hydrogens (tertiary/aromatic N) is 16. The average molecular weight is 1280 g/mol. The Bertz CT molecular complexity index is 2730. The Kier molecular flexibility index (Phi) is 22.3. The first-order valence-corrected chi connectivity index (χ1v) is 34.4. The molecule has 0 bridgehead atoms. The third kappa shape index (κ3) is 20.2. The van der Waals surface area contributed by atoms with E-state index in [2.05, 4.69) is 265 Å². The second kappa shape index (κ2) is 27.6. The number of aryl methyl sites for hydroxylation is 1. The van der Waals surface area contributed by atoms with Crippen molar-refractivity contribution in [2.45, 2.75) is 302 Å². The van der Waals surface area contributed by atoms with Crippen LogP contribution in [0.15, 0.2) is 13.2 Å². The van der Waals surface area contributed by atoms with Crippen molar-refractivity contribution in [2.24, 2.45) is 0 Å². The van der Waals surface area contributed by atoms with E-state index in [1.165, 1.54) is 0 Å². The van der Waals surface area contributed by atoms with E-state index in [4.69, 9.17) is 44.9 Å². The lowest BCUT2D eigenvalue weighted by Crippen LogP contribution is -2.62. The third-order valence-electron chi connectivity index (χ3n) is 19.5. The molecule has 5 aliphatic rings. The van der Waals surface area contributed by atoms with Gasteiger partial charge >= 0.3 is 0 Å². The van der Waals surface area contributed by atoms with Gasteiger partial charge in [-0.05, 0) is 223 Å². The molecule has 7 N–H and O–H groups in total. The maximum Gasteiger partial charge on any atom is 0.231 e. The zero-order chi connectivity index (χ0) is 68.8. The van der Waals surface area contributed by atoms with Gasteiger partial charge in [-0.15, -0.1) is 13.2 Å². The van der Waals surface area contributed by atoms with Crippen LogP contribution in [0.2, 0.25) is 0 Å². The SMILES string of the molecule is C=C.Cc1nc(N(CCCNc2nc(N(C)C3CC(C)(C)NC(C)(C)C3)nc(N(C)C3CC(C)(C)NC(C)(C)C3)n2)CCN(C)CNc2nc(N(C)C3CC(C)(C)NC(C)(C)C3)nc(N(C)C3CC(C)(C)NC(C)(C)C3)n2)nc(N(C)C2CC(C)(C)NC(C)(C)C2)n1. The first-order chi connectivity index (χ1) is 42.2. The van der Waals surface area contributed by atoms with Crippen LogP contribution < -0.4 is 66.6 Å². The molecule has 92 heavy (non-hydrogen) atoms. The Hall–Kier alpha value is -5.07. The fourth-order valence-electron chi connectivity index (χ4n) is 17.1. The van der Waals surface area contributed by atoms with Gasteiger partial charge in [-0.2, -0.15) is 44.9 Å². The van der Waals surface area contributed by atoms with Crippen LogP contribution in [-0.2, 0) is 0 Å². The van der Waals surface area contributed by atoms with Gasteiger partial charge in [0.1, 0.15) is 5.82 Å². The minimum atomic E-state index is -0.0481. The number of hydrogen-bond donors (Lipinski definition) is 7. The molecule has 0 atom stereocenters. The standard InChI is InChI=1S/C67H125N23.C2H4/c1-44-70-52(85(23)45-33-58(2,3)79-59(4,5)34-45)78-57(71-44)90(30-28-29-68-50-72-53(86(24)46-35-60(6,7)80-61(8,9)36-46)76-54(73-50)87(25)47-37-62(10,11)81-63(12,13)38-47)32-31-84(22)43-69-51-74-55(88(26)48-39-64(14,15)82-65(16,17)40-48)77-56(75-51)89(27)49-41-66(18,19)83-67(20,21)42-49;1-2/h45-49,79-83H,28-43H2,1-27H3,(H,68,72,73,76)(H,69,74,75,77);1-2H2. The van der Waals surface area contributed by atoms with E-state index in [1.807, 2.05) is 6.92 Å². The van der Waals surface area contributed by atoms with E-state index in [0.717, 1.165) is 70.6 Å². The summed E-state index contributed by atoms with van der Waals surface area (Å²) in [5, 5.41) is 26.7. The minimum Gasteiger partial charge on any atom is -0.354 e.